The summed E-state index contributed by atoms with van der Waals surface area (Å²) in [5.74, 6) is 0.586. The van der Waals surface area contributed by atoms with E-state index in [9.17, 15) is 4.39 Å². The lowest BCUT2D eigenvalue weighted by molar-refractivity contribution is 0.321. The molecule has 1 aliphatic rings. The average Bonchev–Trinajstić information content (AvgIpc) is 2.58. The van der Waals surface area contributed by atoms with E-state index in [1.165, 1.54) is 0 Å². The van der Waals surface area contributed by atoms with Crippen LogP contribution in [0.1, 0.15) is 24.9 Å². The summed E-state index contributed by atoms with van der Waals surface area (Å²) in [6.07, 6.45) is 0.621. The van der Waals surface area contributed by atoms with Crippen molar-refractivity contribution in [3.8, 4) is 17.2 Å². The van der Waals surface area contributed by atoms with Crippen LogP contribution in [0.25, 0.3) is 0 Å². The number of ether oxygens (including phenoxy) is 2. The van der Waals surface area contributed by atoms with Gasteiger partial charge in [-0.3, -0.25) is 0 Å². The molecule has 0 unspecified atom stereocenters. The molecule has 3 N–H and O–H groups in total. The van der Waals surface area contributed by atoms with Crippen LogP contribution in [0, 0.1) is 5.82 Å². The van der Waals surface area contributed by atoms with E-state index in [1.807, 2.05) is 13.0 Å². The minimum atomic E-state index is -0.524. The largest absolute Gasteiger partial charge is 0.489 e. The standard InChI is InChI=1S/C17H18ClFN2O2.2ClH/c1-2-13(20)11-4-5-12(18)17(16(11)19)23-10-3-6-14-15(9-10)22-8-7-21-14;;/h3-6,9,13,21H,2,7-8,20H2,1H3;2*1H/t13-;;/m1../s1. The fraction of sp³-hybridized carbons (Fsp3) is 0.294. The van der Waals surface area contributed by atoms with Crippen LogP contribution in [0.4, 0.5) is 10.1 Å². The molecule has 1 aliphatic heterocycles. The predicted octanol–water partition coefficient (Wildman–Crippen LogP) is 5.33. The van der Waals surface area contributed by atoms with Gasteiger partial charge >= 0.3 is 0 Å². The number of rotatable bonds is 4. The van der Waals surface area contributed by atoms with Gasteiger partial charge in [-0.2, -0.15) is 0 Å². The normalized spacial score (nSPS) is 13.3. The van der Waals surface area contributed by atoms with Gasteiger partial charge in [-0.1, -0.05) is 24.6 Å². The summed E-state index contributed by atoms with van der Waals surface area (Å²) in [7, 11) is 0. The van der Waals surface area contributed by atoms with E-state index in [0.717, 1.165) is 12.2 Å². The smallest absolute Gasteiger partial charge is 0.181 e. The van der Waals surface area contributed by atoms with Gasteiger partial charge in [0.25, 0.3) is 0 Å². The molecular weight excluding hydrogens is 390 g/mol. The zero-order chi connectivity index (χ0) is 16.4. The van der Waals surface area contributed by atoms with Gasteiger partial charge in [0.15, 0.2) is 11.6 Å². The van der Waals surface area contributed by atoms with Crippen molar-refractivity contribution in [1.29, 1.82) is 0 Å². The second-order valence-corrected chi connectivity index (χ2v) is 5.74. The SMILES string of the molecule is CC[C@@H](N)c1ccc(Cl)c(Oc2ccc3c(c2)OCCN3)c1F.Cl.Cl. The zero-order valence-corrected chi connectivity index (χ0v) is 15.9. The number of hydrogen-bond acceptors (Lipinski definition) is 4. The Morgan fingerprint density at radius 3 is 2.80 bits per heavy atom. The Balaban J connectivity index is 0.00000156. The van der Waals surface area contributed by atoms with Gasteiger partial charge in [0.05, 0.1) is 10.7 Å². The summed E-state index contributed by atoms with van der Waals surface area (Å²) in [6.45, 7) is 3.23. The van der Waals surface area contributed by atoms with E-state index in [4.69, 9.17) is 26.8 Å². The molecule has 4 nitrogen and oxygen atoms in total. The zero-order valence-electron chi connectivity index (χ0n) is 13.6. The molecule has 8 heteroatoms. The Hall–Kier alpha value is -1.40. The van der Waals surface area contributed by atoms with E-state index < -0.39 is 11.9 Å². The summed E-state index contributed by atoms with van der Waals surface area (Å²) < 4.78 is 25.9. The Morgan fingerprint density at radius 2 is 2.08 bits per heavy atom. The lowest BCUT2D eigenvalue weighted by Crippen LogP contribution is -2.17. The molecule has 0 saturated heterocycles. The van der Waals surface area contributed by atoms with Gasteiger partial charge < -0.3 is 20.5 Å². The van der Waals surface area contributed by atoms with Crippen LogP contribution in [0.15, 0.2) is 30.3 Å². The Labute approximate surface area is 163 Å². The van der Waals surface area contributed by atoms with Gasteiger partial charge in [0.1, 0.15) is 18.1 Å². The van der Waals surface area contributed by atoms with E-state index in [-0.39, 0.29) is 35.6 Å². The maximum absolute atomic E-state index is 14.7. The predicted molar refractivity (Wildman–Crippen MR) is 104 cm³/mol. The molecular formula is C17H20Cl3FN2O2. The number of nitrogens with two attached hydrogens (primary N) is 1. The van der Waals surface area contributed by atoms with E-state index >= 15 is 0 Å². The molecule has 2 aromatic carbocycles. The lowest BCUT2D eigenvalue weighted by atomic mass is 10.0. The molecule has 1 heterocycles. The second kappa shape index (κ2) is 9.34. The quantitative estimate of drug-likeness (QED) is 0.716. The summed E-state index contributed by atoms with van der Waals surface area (Å²) in [5.41, 5.74) is 7.21. The molecule has 138 valence electrons. The van der Waals surface area contributed by atoms with Crippen LogP contribution >= 0.6 is 36.4 Å². The molecule has 3 rings (SSSR count). The molecule has 0 radical (unpaired) electrons. The third-order valence-electron chi connectivity index (χ3n) is 3.77. The molecule has 25 heavy (non-hydrogen) atoms. The van der Waals surface area contributed by atoms with Crippen molar-refractivity contribution < 1.29 is 13.9 Å². The van der Waals surface area contributed by atoms with Crippen molar-refractivity contribution >= 4 is 42.1 Å². The minimum absolute atomic E-state index is 0. The number of benzene rings is 2. The monoisotopic (exact) mass is 408 g/mol. The second-order valence-electron chi connectivity index (χ2n) is 5.33. The number of halogens is 4. The molecule has 0 aliphatic carbocycles. The minimum Gasteiger partial charge on any atom is -0.489 e. The van der Waals surface area contributed by atoms with Crippen LogP contribution in [-0.2, 0) is 0 Å². The van der Waals surface area contributed by atoms with Gasteiger partial charge in [0, 0.05) is 24.2 Å². The summed E-state index contributed by atoms with van der Waals surface area (Å²) in [4.78, 5) is 0. The summed E-state index contributed by atoms with van der Waals surface area (Å²) in [5, 5.41) is 3.41. The van der Waals surface area contributed by atoms with Crippen LogP contribution in [0.3, 0.4) is 0 Å². The third kappa shape index (κ3) is 4.61. The van der Waals surface area contributed by atoms with E-state index in [0.29, 0.717) is 30.1 Å². The van der Waals surface area contributed by atoms with Crippen molar-refractivity contribution in [2.24, 2.45) is 5.73 Å². The van der Waals surface area contributed by atoms with Crippen molar-refractivity contribution in [2.45, 2.75) is 19.4 Å². The topological polar surface area (TPSA) is 56.5 Å². The van der Waals surface area contributed by atoms with E-state index in [1.54, 1.807) is 24.3 Å². The molecule has 2 aromatic rings. The van der Waals surface area contributed by atoms with Crippen molar-refractivity contribution in [2.75, 3.05) is 18.5 Å². The van der Waals surface area contributed by atoms with Crippen LogP contribution in [0.5, 0.6) is 17.2 Å². The highest BCUT2D eigenvalue weighted by Crippen LogP contribution is 2.38. The van der Waals surface area contributed by atoms with Crippen molar-refractivity contribution in [3.63, 3.8) is 0 Å². The molecule has 0 amide bonds. The summed E-state index contributed by atoms with van der Waals surface area (Å²) >= 11 is 6.09. The number of anilines is 1. The maximum Gasteiger partial charge on any atom is 0.181 e. The van der Waals surface area contributed by atoms with Gasteiger partial charge in [0.2, 0.25) is 0 Å². The first-order valence-electron chi connectivity index (χ1n) is 7.52. The molecule has 1 atom stereocenters. The molecule has 0 fully saturated rings. The van der Waals surface area contributed by atoms with Crippen LogP contribution in [0.2, 0.25) is 5.02 Å². The first kappa shape index (κ1) is 21.6. The highest BCUT2D eigenvalue weighted by atomic mass is 35.5. The van der Waals surface area contributed by atoms with Gasteiger partial charge in [-0.25, -0.2) is 4.39 Å². The van der Waals surface area contributed by atoms with Gasteiger partial charge in [-0.05, 0) is 24.6 Å². The summed E-state index contributed by atoms with van der Waals surface area (Å²) in [6, 6.07) is 8.08. The fourth-order valence-corrected chi connectivity index (χ4v) is 2.63. The highest BCUT2D eigenvalue weighted by molar-refractivity contribution is 6.32. The molecule has 0 spiro atoms. The Morgan fingerprint density at radius 1 is 1.32 bits per heavy atom. The average molecular weight is 410 g/mol. The first-order valence-corrected chi connectivity index (χ1v) is 7.90. The number of fused-ring (bicyclic) bond motifs is 1. The Bertz CT molecular complexity index is 731. The molecule has 0 bridgehead atoms. The Kier molecular flexibility index (Phi) is 8.09. The number of nitrogens with one attached hydrogen (secondary N) is 1. The van der Waals surface area contributed by atoms with Crippen molar-refractivity contribution in [1.82, 2.24) is 0 Å². The first-order chi connectivity index (χ1) is 11.1. The lowest BCUT2D eigenvalue weighted by Gasteiger charge is -2.20. The number of hydrogen-bond donors (Lipinski definition) is 2. The molecule has 0 saturated carbocycles. The molecule has 0 aromatic heterocycles. The van der Waals surface area contributed by atoms with Crippen LogP contribution < -0.4 is 20.5 Å². The maximum atomic E-state index is 14.7. The van der Waals surface area contributed by atoms with Crippen LogP contribution in [-0.4, -0.2) is 13.2 Å². The van der Waals surface area contributed by atoms with E-state index in [2.05, 4.69) is 5.32 Å². The third-order valence-corrected chi connectivity index (χ3v) is 4.06. The van der Waals surface area contributed by atoms with Gasteiger partial charge in [-0.15, -0.1) is 24.8 Å². The van der Waals surface area contributed by atoms with Crippen molar-refractivity contribution in [3.05, 3.63) is 46.7 Å². The highest BCUT2D eigenvalue weighted by Gasteiger charge is 2.19. The fourth-order valence-electron chi connectivity index (χ4n) is 2.44.